The topological polar surface area (TPSA) is 0 Å². The number of hydrogen-bond acceptors (Lipinski definition) is 1. The quantitative estimate of drug-likeness (QED) is 0.436. The summed E-state index contributed by atoms with van der Waals surface area (Å²) in [5.74, 6) is 1.43. The van der Waals surface area contributed by atoms with Crippen LogP contribution in [0.5, 0.6) is 0 Å². The number of rotatable bonds is 10. The van der Waals surface area contributed by atoms with Gasteiger partial charge in [0.05, 0.1) is 0 Å². The lowest BCUT2D eigenvalue weighted by Gasteiger charge is -2.07. The van der Waals surface area contributed by atoms with Crippen LogP contribution in [0.1, 0.15) is 84.0 Å². The van der Waals surface area contributed by atoms with Gasteiger partial charge in [-0.2, -0.15) is 11.8 Å². The highest BCUT2D eigenvalue weighted by Crippen LogP contribution is 2.29. The molecule has 0 nitrogen and oxygen atoms in total. The third kappa shape index (κ3) is 7.60. The standard InChI is InChI=1S/C15H30S/c1-2-3-4-5-6-7-8-11-14-16-15-12-9-10-13-15/h15H,2-14H2,1H3. The smallest absolute Gasteiger partial charge is 0.00470 e. The second kappa shape index (κ2) is 10.5. The molecule has 16 heavy (non-hydrogen) atoms. The van der Waals surface area contributed by atoms with E-state index in [0.717, 1.165) is 5.25 Å². The van der Waals surface area contributed by atoms with E-state index >= 15 is 0 Å². The molecule has 0 heterocycles. The zero-order valence-corrected chi connectivity index (χ0v) is 12.0. The molecule has 96 valence electrons. The van der Waals surface area contributed by atoms with Crippen LogP contribution in [0.25, 0.3) is 0 Å². The van der Waals surface area contributed by atoms with E-state index in [0.29, 0.717) is 0 Å². The SMILES string of the molecule is CCCCCCCCCCSC1CCCC1. The molecule has 0 aromatic heterocycles. The van der Waals surface area contributed by atoms with E-state index in [-0.39, 0.29) is 0 Å². The minimum atomic E-state index is 1.03. The summed E-state index contributed by atoms with van der Waals surface area (Å²) in [5, 5.41) is 1.03. The molecule has 0 aliphatic heterocycles. The third-order valence-corrected chi connectivity index (χ3v) is 5.12. The van der Waals surface area contributed by atoms with Gasteiger partial charge in [-0.3, -0.25) is 0 Å². The van der Waals surface area contributed by atoms with Crippen LogP contribution < -0.4 is 0 Å². The molecule has 1 saturated carbocycles. The van der Waals surface area contributed by atoms with Crippen molar-refractivity contribution in [3.63, 3.8) is 0 Å². The molecule has 0 amide bonds. The van der Waals surface area contributed by atoms with Crippen molar-refractivity contribution < 1.29 is 0 Å². The first-order valence-corrected chi connectivity index (χ1v) is 8.60. The summed E-state index contributed by atoms with van der Waals surface area (Å²) in [5.41, 5.74) is 0. The third-order valence-electron chi connectivity index (χ3n) is 3.65. The number of hydrogen-bond donors (Lipinski definition) is 0. The summed E-state index contributed by atoms with van der Waals surface area (Å²) < 4.78 is 0. The monoisotopic (exact) mass is 242 g/mol. The van der Waals surface area contributed by atoms with E-state index in [4.69, 9.17) is 0 Å². The second-order valence-electron chi connectivity index (χ2n) is 5.25. The Bertz CT molecular complexity index is 138. The molecule has 1 fully saturated rings. The molecule has 0 spiro atoms. The molecule has 1 rings (SSSR count). The summed E-state index contributed by atoms with van der Waals surface area (Å²) in [6, 6.07) is 0. The van der Waals surface area contributed by atoms with Gasteiger partial charge in [0.2, 0.25) is 0 Å². The van der Waals surface area contributed by atoms with E-state index in [1.54, 1.807) is 0 Å². The zero-order chi connectivity index (χ0) is 11.5. The lowest BCUT2D eigenvalue weighted by Crippen LogP contribution is -1.95. The van der Waals surface area contributed by atoms with E-state index < -0.39 is 0 Å². The van der Waals surface area contributed by atoms with Crippen LogP contribution in [0.2, 0.25) is 0 Å². The largest absolute Gasteiger partial charge is 0.159 e. The minimum absolute atomic E-state index is 1.03. The van der Waals surface area contributed by atoms with Crippen molar-refractivity contribution in [1.29, 1.82) is 0 Å². The van der Waals surface area contributed by atoms with Gasteiger partial charge in [-0.15, -0.1) is 0 Å². The Morgan fingerprint density at radius 3 is 2.00 bits per heavy atom. The van der Waals surface area contributed by atoms with Crippen molar-refractivity contribution in [1.82, 2.24) is 0 Å². The van der Waals surface area contributed by atoms with E-state index in [1.807, 2.05) is 0 Å². The molecule has 0 unspecified atom stereocenters. The fraction of sp³-hybridized carbons (Fsp3) is 1.00. The summed E-state index contributed by atoms with van der Waals surface area (Å²) in [6.07, 6.45) is 17.7. The maximum absolute atomic E-state index is 2.29. The molecule has 0 N–H and O–H groups in total. The van der Waals surface area contributed by atoms with Gasteiger partial charge >= 0.3 is 0 Å². The Kier molecular flexibility index (Phi) is 9.46. The van der Waals surface area contributed by atoms with Crippen LogP contribution in [0.3, 0.4) is 0 Å². The number of unbranched alkanes of at least 4 members (excludes halogenated alkanes) is 7. The average molecular weight is 242 g/mol. The van der Waals surface area contributed by atoms with Gasteiger partial charge in [0.1, 0.15) is 0 Å². The molecule has 1 aliphatic carbocycles. The highest BCUT2D eigenvalue weighted by atomic mass is 32.2. The second-order valence-corrected chi connectivity index (χ2v) is 6.66. The van der Waals surface area contributed by atoms with Gasteiger partial charge in [0, 0.05) is 5.25 Å². The van der Waals surface area contributed by atoms with Crippen LogP contribution in [-0.2, 0) is 0 Å². The zero-order valence-electron chi connectivity index (χ0n) is 11.2. The number of thioether (sulfide) groups is 1. The van der Waals surface area contributed by atoms with Crippen molar-refractivity contribution in [2.24, 2.45) is 0 Å². The molecule has 0 saturated heterocycles. The fourth-order valence-electron chi connectivity index (χ4n) is 2.54. The lowest BCUT2D eigenvalue weighted by atomic mass is 10.1. The molecule has 1 heteroatoms. The average Bonchev–Trinajstić information content (AvgIpc) is 2.80. The molecular weight excluding hydrogens is 212 g/mol. The van der Waals surface area contributed by atoms with E-state index in [2.05, 4.69) is 18.7 Å². The maximum Gasteiger partial charge on any atom is 0.00470 e. The van der Waals surface area contributed by atoms with Gasteiger partial charge in [-0.05, 0) is 25.0 Å². The van der Waals surface area contributed by atoms with Crippen LogP contribution >= 0.6 is 11.8 Å². The fourth-order valence-corrected chi connectivity index (χ4v) is 3.91. The summed E-state index contributed by atoms with van der Waals surface area (Å²) in [6.45, 7) is 2.29. The van der Waals surface area contributed by atoms with Gasteiger partial charge in [-0.1, -0.05) is 64.7 Å². The predicted molar refractivity (Wildman–Crippen MR) is 77.3 cm³/mol. The van der Waals surface area contributed by atoms with Crippen molar-refractivity contribution in [2.75, 3.05) is 5.75 Å². The molecule has 1 aliphatic rings. The van der Waals surface area contributed by atoms with Crippen LogP contribution in [0.4, 0.5) is 0 Å². The van der Waals surface area contributed by atoms with Crippen LogP contribution in [0, 0.1) is 0 Å². The first-order valence-electron chi connectivity index (χ1n) is 7.55. The minimum Gasteiger partial charge on any atom is -0.159 e. The Morgan fingerprint density at radius 1 is 0.812 bits per heavy atom. The summed E-state index contributed by atoms with van der Waals surface area (Å²) >= 11 is 2.26. The van der Waals surface area contributed by atoms with Gasteiger partial charge in [-0.25, -0.2) is 0 Å². The highest BCUT2D eigenvalue weighted by molar-refractivity contribution is 7.99. The van der Waals surface area contributed by atoms with E-state index in [9.17, 15) is 0 Å². The van der Waals surface area contributed by atoms with Gasteiger partial charge in [0.25, 0.3) is 0 Å². The molecule has 0 aromatic rings. The van der Waals surface area contributed by atoms with Gasteiger partial charge < -0.3 is 0 Å². The summed E-state index contributed by atoms with van der Waals surface area (Å²) in [4.78, 5) is 0. The van der Waals surface area contributed by atoms with Crippen molar-refractivity contribution >= 4 is 11.8 Å². The first-order chi connectivity index (χ1) is 7.93. The normalized spacial score (nSPS) is 17.1. The predicted octanol–water partition coefficient (Wildman–Crippen LogP) is 5.80. The Labute approximate surface area is 107 Å². The molecule has 0 atom stereocenters. The Balaban J connectivity index is 1.71. The molecule has 0 radical (unpaired) electrons. The lowest BCUT2D eigenvalue weighted by molar-refractivity contribution is 0.586. The van der Waals surface area contributed by atoms with Gasteiger partial charge in [0.15, 0.2) is 0 Å². The molecule has 0 bridgehead atoms. The maximum atomic E-state index is 2.29. The molecular formula is C15H30S. The Hall–Kier alpha value is 0.350. The highest BCUT2D eigenvalue weighted by Gasteiger charge is 2.14. The van der Waals surface area contributed by atoms with Crippen LogP contribution in [-0.4, -0.2) is 11.0 Å². The van der Waals surface area contributed by atoms with Crippen molar-refractivity contribution in [2.45, 2.75) is 89.2 Å². The Morgan fingerprint density at radius 2 is 1.38 bits per heavy atom. The first kappa shape index (κ1) is 14.4. The van der Waals surface area contributed by atoms with Crippen LogP contribution in [0.15, 0.2) is 0 Å². The summed E-state index contributed by atoms with van der Waals surface area (Å²) in [7, 11) is 0. The molecule has 0 aromatic carbocycles. The van der Waals surface area contributed by atoms with Crippen molar-refractivity contribution in [3.05, 3.63) is 0 Å². The van der Waals surface area contributed by atoms with E-state index in [1.165, 1.54) is 82.8 Å². The van der Waals surface area contributed by atoms with Crippen molar-refractivity contribution in [3.8, 4) is 0 Å².